The van der Waals surface area contributed by atoms with E-state index in [0.717, 1.165) is 5.39 Å². The van der Waals surface area contributed by atoms with Gasteiger partial charge in [-0.2, -0.15) is 0 Å². The molecule has 15 heavy (non-hydrogen) atoms. The van der Waals surface area contributed by atoms with Crippen molar-refractivity contribution < 1.29 is 4.79 Å². The number of pyridine rings is 1. The molecule has 0 atom stereocenters. The van der Waals surface area contributed by atoms with E-state index in [-0.39, 0.29) is 5.91 Å². The Morgan fingerprint density at radius 2 is 2.20 bits per heavy atom. The van der Waals surface area contributed by atoms with Gasteiger partial charge in [-0.3, -0.25) is 9.78 Å². The van der Waals surface area contributed by atoms with Crippen LogP contribution in [-0.2, 0) is 0 Å². The van der Waals surface area contributed by atoms with Gasteiger partial charge in [-0.25, -0.2) is 0 Å². The SMILES string of the molecule is CNC(=O)c1ccc(Cl)c2ncccc12. The molecule has 0 fully saturated rings. The highest BCUT2D eigenvalue weighted by Gasteiger charge is 2.10. The summed E-state index contributed by atoms with van der Waals surface area (Å²) in [5, 5.41) is 3.90. The first-order valence-corrected chi connectivity index (χ1v) is 4.87. The molecule has 0 radical (unpaired) electrons. The Morgan fingerprint density at radius 3 is 2.93 bits per heavy atom. The summed E-state index contributed by atoms with van der Waals surface area (Å²) in [6, 6.07) is 7.00. The topological polar surface area (TPSA) is 42.0 Å². The predicted octanol–water partition coefficient (Wildman–Crippen LogP) is 2.25. The van der Waals surface area contributed by atoms with Gasteiger partial charge < -0.3 is 5.32 Å². The third kappa shape index (κ3) is 1.66. The number of aromatic nitrogens is 1. The Bertz CT molecular complexity index is 525. The number of fused-ring (bicyclic) bond motifs is 1. The molecule has 3 nitrogen and oxygen atoms in total. The first-order chi connectivity index (χ1) is 7.24. The van der Waals surface area contributed by atoms with Crippen molar-refractivity contribution in [2.45, 2.75) is 0 Å². The van der Waals surface area contributed by atoms with E-state index in [1.54, 1.807) is 31.4 Å². The van der Waals surface area contributed by atoms with E-state index in [4.69, 9.17) is 11.6 Å². The number of rotatable bonds is 1. The van der Waals surface area contributed by atoms with Gasteiger partial charge in [-0.05, 0) is 18.2 Å². The summed E-state index contributed by atoms with van der Waals surface area (Å²) in [7, 11) is 1.60. The van der Waals surface area contributed by atoms with Crippen molar-refractivity contribution in [1.82, 2.24) is 10.3 Å². The van der Waals surface area contributed by atoms with Gasteiger partial charge in [-0.1, -0.05) is 17.7 Å². The molecule has 2 rings (SSSR count). The van der Waals surface area contributed by atoms with Crippen LogP contribution in [-0.4, -0.2) is 17.9 Å². The molecule has 1 aromatic carbocycles. The first-order valence-electron chi connectivity index (χ1n) is 4.49. The summed E-state index contributed by atoms with van der Waals surface area (Å²) >= 11 is 5.98. The quantitative estimate of drug-likeness (QED) is 0.801. The molecular weight excluding hydrogens is 212 g/mol. The zero-order valence-electron chi connectivity index (χ0n) is 8.12. The lowest BCUT2D eigenvalue weighted by Crippen LogP contribution is -2.18. The van der Waals surface area contributed by atoms with Crippen LogP contribution in [0.5, 0.6) is 0 Å². The number of halogens is 1. The standard InChI is InChI=1S/C11H9ClN2O/c1-13-11(15)8-4-5-9(12)10-7(8)3-2-6-14-10/h2-6H,1H3,(H,13,15). The summed E-state index contributed by atoms with van der Waals surface area (Å²) < 4.78 is 0. The Hall–Kier alpha value is -1.61. The van der Waals surface area contributed by atoms with E-state index >= 15 is 0 Å². The van der Waals surface area contributed by atoms with Crippen molar-refractivity contribution in [2.24, 2.45) is 0 Å². The van der Waals surface area contributed by atoms with E-state index in [0.29, 0.717) is 16.1 Å². The van der Waals surface area contributed by atoms with Gasteiger partial charge in [0.05, 0.1) is 10.5 Å². The molecule has 1 aromatic heterocycles. The zero-order chi connectivity index (χ0) is 10.8. The molecule has 0 aliphatic rings. The van der Waals surface area contributed by atoms with Crippen LogP contribution in [0.1, 0.15) is 10.4 Å². The summed E-state index contributed by atoms with van der Waals surface area (Å²) in [6.07, 6.45) is 1.65. The molecule has 0 bridgehead atoms. The van der Waals surface area contributed by atoms with E-state index in [2.05, 4.69) is 10.3 Å². The molecule has 1 amide bonds. The Balaban J connectivity index is 2.77. The van der Waals surface area contributed by atoms with Gasteiger partial charge in [0.15, 0.2) is 0 Å². The molecular formula is C11H9ClN2O. The molecule has 0 saturated carbocycles. The smallest absolute Gasteiger partial charge is 0.251 e. The van der Waals surface area contributed by atoms with Crippen molar-refractivity contribution in [3.63, 3.8) is 0 Å². The molecule has 0 aliphatic carbocycles. The lowest BCUT2D eigenvalue weighted by Gasteiger charge is -2.05. The molecule has 76 valence electrons. The number of benzene rings is 1. The van der Waals surface area contributed by atoms with Gasteiger partial charge in [0, 0.05) is 24.2 Å². The number of carbonyl (C=O) groups excluding carboxylic acids is 1. The minimum Gasteiger partial charge on any atom is -0.355 e. The van der Waals surface area contributed by atoms with Crippen molar-refractivity contribution in [3.8, 4) is 0 Å². The third-order valence-electron chi connectivity index (χ3n) is 2.19. The van der Waals surface area contributed by atoms with Crippen LogP contribution in [0.25, 0.3) is 10.9 Å². The highest BCUT2D eigenvalue weighted by atomic mass is 35.5. The number of amides is 1. The fourth-order valence-corrected chi connectivity index (χ4v) is 1.68. The van der Waals surface area contributed by atoms with Gasteiger partial charge in [0.25, 0.3) is 5.91 Å². The van der Waals surface area contributed by atoms with Crippen LogP contribution in [0.2, 0.25) is 5.02 Å². The first kappa shape index (κ1) is 9.93. The Labute approximate surface area is 92.1 Å². The number of hydrogen-bond acceptors (Lipinski definition) is 2. The molecule has 4 heteroatoms. The monoisotopic (exact) mass is 220 g/mol. The molecule has 0 aliphatic heterocycles. The maximum absolute atomic E-state index is 11.6. The number of nitrogens with zero attached hydrogens (tertiary/aromatic N) is 1. The van der Waals surface area contributed by atoms with E-state index in [9.17, 15) is 4.79 Å². The second kappa shape index (κ2) is 3.87. The second-order valence-corrected chi connectivity index (χ2v) is 3.48. The number of carbonyl (C=O) groups is 1. The van der Waals surface area contributed by atoms with Crippen molar-refractivity contribution in [3.05, 3.63) is 41.0 Å². The fourth-order valence-electron chi connectivity index (χ4n) is 1.47. The maximum Gasteiger partial charge on any atom is 0.251 e. The van der Waals surface area contributed by atoms with Crippen LogP contribution in [0.4, 0.5) is 0 Å². The van der Waals surface area contributed by atoms with Crippen molar-refractivity contribution in [1.29, 1.82) is 0 Å². The summed E-state index contributed by atoms with van der Waals surface area (Å²) in [5.74, 6) is -0.135. The molecule has 1 heterocycles. The van der Waals surface area contributed by atoms with E-state index in [1.165, 1.54) is 0 Å². The molecule has 0 saturated heterocycles. The summed E-state index contributed by atoms with van der Waals surface area (Å²) in [6.45, 7) is 0. The van der Waals surface area contributed by atoms with Crippen LogP contribution >= 0.6 is 11.6 Å². The molecule has 0 unspecified atom stereocenters. The van der Waals surface area contributed by atoms with Crippen LogP contribution < -0.4 is 5.32 Å². The molecule has 1 N–H and O–H groups in total. The predicted molar refractivity (Wildman–Crippen MR) is 60.1 cm³/mol. The van der Waals surface area contributed by atoms with Gasteiger partial charge in [0.2, 0.25) is 0 Å². The van der Waals surface area contributed by atoms with Gasteiger partial charge in [0.1, 0.15) is 0 Å². The highest BCUT2D eigenvalue weighted by molar-refractivity contribution is 6.35. The second-order valence-electron chi connectivity index (χ2n) is 3.07. The Kier molecular flexibility index (Phi) is 2.56. The van der Waals surface area contributed by atoms with Gasteiger partial charge in [-0.15, -0.1) is 0 Å². The van der Waals surface area contributed by atoms with Gasteiger partial charge >= 0.3 is 0 Å². The van der Waals surface area contributed by atoms with Crippen molar-refractivity contribution >= 4 is 28.4 Å². The van der Waals surface area contributed by atoms with Crippen LogP contribution in [0.15, 0.2) is 30.5 Å². The average Bonchev–Trinajstić information content (AvgIpc) is 2.29. The third-order valence-corrected chi connectivity index (χ3v) is 2.50. The lowest BCUT2D eigenvalue weighted by atomic mass is 10.1. The van der Waals surface area contributed by atoms with Crippen molar-refractivity contribution in [2.75, 3.05) is 7.05 Å². The van der Waals surface area contributed by atoms with E-state index in [1.807, 2.05) is 6.07 Å². The summed E-state index contributed by atoms with van der Waals surface area (Å²) in [4.78, 5) is 15.7. The zero-order valence-corrected chi connectivity index (χ0v) is 8.88. The maximum atomic E-state index is 11.6. The number of nitrogens with one attached hydrogen (secondary N) is 1. The normalized spacial score (nSPS) is 10.3. The molecule has 2 aromatic rings. The summed E-state index contributed by atoms with van der Waals surface area (Å²) in [5.41, 5.74) is 1.24. The van der Waals surface area contributed by atoms with Crippen LogP contribution in [0.3, 0.4) is 0 Å². The minimum absolute atomic E-state index is 0.135. The fraction of sp³-hybridized carbons (Fsp3) is 0.0909. The minimum atomic E-state index is -0.135. The van der Waals surface area contributed by atoms with Crippen LogP contribution in [0, 0.1) is 0 Å². The Morgan fingerprint density at radius 1 is 1.40 bits per heavy atom. The average molecular weight is 221 g/mol. The number of hydrogen-bond donors (Lipinski definition) is 1. The van der Waals surface area contributed by atoms with E-state index < -0.39 is 0 Å². The molecule has 0 spiro atoms. The largest absolute Gasteiger partial charge is 0.355 e. The highest BCUT2D eigenvalue weighted by Crippen LogP contribution is 2.24. The lowest BCUT2D eigenvalue weighted by molar-refractivity contribution is 0.0964.